The number of hydrogen-bond acceptors (Lipinski definition) is 1. The van der Waals surface area contributed by atoms with Gasteiger partial charge in [0.05, 0.1) is 0 Å². The first-order valence-corrected chi connectivity index (χ1v) is 3.82. The fourth-order valence-electron chi connectivity index (χ4n) is 0.560. The van der Waals surface area contributed by atoms with Gasteiger partial charge in [-0.15, -0.1) is 0 Å². The number of guanidine groups is 1. The molecule has 0 bridgehead atoms. The van der Waals surface area contributed by atoms with Crippen LogP contribution in [0, 0.1) is 0 Å². The van der Waals surface area contributed by atoms with Crippen molar-refractivity contribution in [1.29, 1.82) is 0 Å². The molecule has 0 aromatic carbocycles. The Balaban J connectivity index is 4.17. The average Bonchev–Trinajstić information content (AvgIpc) is 2.02. The van der Waals surface area contributed by atoms with Gasteiger partial charge in [-0.25, -0.2) is 0 Å². The van der Waals surface area contributed by atoms with Gasteiger partial charge in [0.25, 0.3) is 0 Å². The summed E-state index contributed by atoms with van der Waals surface area (Å²) in [5.41, 5.74) is 0.823. The number of carbonyl (C=O) groups excluding carboxylic acids is 1. The molecule has 12 heavy (non-hydrogen) atoms. The summed E-state index contributed by atoms with van der Waals surface area (Å²) in [5, 5.41) is 5.63. The molecule has 0 fully saturated rings. The zero-order valence-electron chi connectivity index (χ0n) is 7.77. The van der Waals surface area contributed by atoms with Crippen molar-refractivity contribution >= 4 is 11.9 Å². The Morgan fingerprint density at radius 3 is 2.50 bits per heavy atom. The van der Waals surface area contributed by atoms with E-state index in [1.165, 1.54) is 6.92 Å². The number of nitrogens with one attached hydrogen (secondary N) is 2. The Labute approximate surface area is 72.8 Å². The second-order valence-electron chi connectivity index (χ2n) is 2.31. The van der Waals surface area contributed by atoms with E-state index in [1.54, 1.807) is 7.05 Å². The van der Waals surface area contributed by atoms with E-state index >= 15 is 0 Å². The number of hydrogen-bond donors (Lipinski definition) is 2. The van der Waals surface area contributed by atoms with Crippen molar-refractivity contribution in [3.05, 3.63) is 12.3 Å². The normalized spacial score (nSPS) is 10.8. The first-order valence-electron chi connectivity index (χ1n) is 3.82. The quantitative estimate of drug-likeness (QED) is 0.470. The van der Waals surface area contributed by atoms with Crippen LogP contribution in [0.1, 0.15) is 20.3 Å². The monoisotopic (exact) mass is 169 g/mol. The van der Waals surface area contributed by atoms with Crippen molar-refractivity contribution in [3.63, 3.8) is 0 Å². The molecule has 0 aromatic heterocycles. The second-order valence-corrected chi connectivity index (χ2v) is 2.31. The molecule has 0 heterocycles. The van der Waals surface area contributed by atoms with E-state index < -0.39 is 0 Å². The Bertz CT molecular complexity index is 208. The molecule has 0 radical (unpaired) electrons. The Kier molecular flexibility index (Phi) is 4.76. The Morgan fingerprint density at radius 2 is 2.17 bits per heavy atom. The van der Waals surface area contributed by atoms with E-state index in [9.17, 15) is 4.79 Å². The summed E-state index contributed by atoms with van der Waals surface area (Å²) in [4.78, 5) is 14.3. The first kappa shape index (κ1) is 10.7. The zero-order chi connectivity index (χ0) is 9.56. The lowest BCUT2D eigenvalue weighted by atomic mass is 10.4. The Morgan fingerprint density at radius 1 is 1.58 bits per heavy atom. The second kappa shape index (κ2) is 5.35. The fourth-order valence-corrected chi connectivity index (χ4v) is 0.560. The SMILES string of the molecule is C=C(CC)N/C(=N\C(C)=O)NC. The van der Waals surface area contributed by atoms with Crippen LogP contribution in [0.3, 0.4) is 0 Å². The molecule has 0 atom stereocenters. The number of allylic oxidation sites excluding steroid dienone is 1. The summed E-state index contributed by atoms with van der Waals surface area (Å²) in [5.74, 6) is 0.199. The van der Waals surface area contributed by atoms with Gasteiger partial charge in [-0.2, -0.15) is 4.99 Å². The van der Waals surface area contributed by atoms with Crippen molar-refractivity contribution in [2.24, 2.45) is 4.99 Å². The average molecular weight is 169 g/mol. The summed E-state index contributed by atoms with van der Waals surface area (Å²) >= 11 is 0. The van der Waals surface area contributed by atoms with Crippen molar-refractivity contribution in [1.82, 2.24) is 10.6 Å². The van der Waals surface area contributed by atoms with Crippen molar-refractivity contribution in [2.75, 3.05) is 7.05 Å². The number of aliphatic imine (C=N–C) groups is 1. The van der Waals surface area contributed by atoms with Crippen molar-refractivity contribution in [3.8, 4) is 0 Å². The topological polar surface area (TPSA) is 53.5 Å². The molecule has 0 saturated carbocycles. The highest BCUT2D eigenvalue weighted by Gasteiger charge is 1.97. The van der Waals surface area contributed by atoms with Crippen LogP contribution in [-0.2, 0) is 4.79 Å². The van der Waals surface area contributed by atoms with Gasteiger partial charge in [0.1, 0.15) is 0 Å². The molecule has 1 amide bonds. The van der Waals surface area contributed by atoms with Crippen molar-refractivity contribution < 1.29 is 4.79 Å². The van der Waals surface area contributed by atoms with E-state index in [1.807, 2.05) is 6.92 Å². The molecule has 0 aromatic rings. The largest absolute Gasteiger partial charge is 0.359 e. The summed E-state index contributed by atoms with van der Waals surface area (Å²) in [6, 6.07) is 0. The standard InChI is InChI=1S/C8H15N3O/c1-5-6(2)10-8(9-4)11-7(3)12/h2,5H2,1,3-4H3,(H2,9,10,11,12). The van der Waals surface area contributed by atoms with E-state index in [0.29, 0.717) is 5.96 Å². The summed E-state index contributed by atoms with van der Waals surface area (Å²) < 4.78 is 0. The fraction of sp³-hybridized carbons (Fsp3) is 0.500. The van der Waals surface area contributed by atoms with Crippen LogP contribution >= 0.6 is 0 Å². The van der Waals surface area contributed by atoms with Crippen LogP contribution in [0.25, 0.3) is 0 Å². The maximum Gasteiger partial charge on any atom is 0.245 e. The maximum atomic E-state index is 10.6. The van der Waals surface area contributed by atoms with Gasteiger partial charge in [-0.3, -0.25) is 4.79 Å². The molecular weight excluding hydrogens is 154 g/mol. The predicted octanol–water partition coefficient (Wildman–Crippen LogP) is 0.622. The number of amides is 1. The highest BCUT2D eigenvalue weighted by Crippen LogP contribution is 1.89. The summed E-state index contributed by atoms with van der Waals surface area (Å²) in [6.07, 6.45) is 0.804. The van der Waals surface area contributed by atoms with Crippen molar-refractivity contribution in [2.45, 2.75) is 20.3 Å². The minimum absolute atomic E-state index is 0.240. The lowest BCUT2D eigenvalue weighted by Crippen LogP contribution is -2.34. The van der Waals surface area contributed by atoms with Gasteiger partial charge in [0, 0.05) is 19.7 Å². The predicted molar refractivity (Wildman–Crippen MR) is 49.7 cm³/mol. The van der Waals surface area contributed by atoms with Crippen LogP contribution in [0.2, 0.25) is 0 Å². The molecular formula is C8H15N3O. The molecule has 0 aliphatic heterocycles. The van der Waals surface area contributed by atoms with Gasteiger partial charge in [-0.1, -0.05) is 13.5 Å². The van der Waals surface area contributed by atoms with Gasteiger partial charge in [0.15, 0.2) is 0 Å². The highest BCUT2D eigenvalue weighted by atomic mass is 16.1. The lowest BCUT2D eigenvalue weighted by Gasteiger charge is -2.08. The van der Waals surface area contributed by atoms with E-state index in [-0.39, 0.29) is 5.91 Å². The molecule has 0 spiro atoms. The van der Waals surface area contributed by atoms with Gasteiger partial charge in [-0.05, 0) is 6.42 Å². The number of nitrogens with zero attached hydrogens (tertiary/aromatic N) is 1. The van der Waals surface area contributed by atoms with E-state index in [0.717, 1.165) is 12.1 Å². The molecule has 4 heteroatoms. The maximum absolute atomic E-state index is 10.6. The van der Waals surface area contributed by atoms with Gasteiger partial charge >= 0.3 is 0 Å². The van der Waals surface area contributed by atoms with E-state index in [2.05, 4.69) is 22.2 Å². The molecule has 68 valence electrons. The number of rotatable bonds is 2. The number of carbonyl (C=O) groups is 1. The smallest absolute Gasteiger partial charge is 0.245 e. The van der Waals surface area contributed by atoms with Crippen LogP contribution in [-0.4, -0.2) is 18.9 Å². The minimum Gasteiger partial charge on any atom is -0.359 e. The third-order valence-corrected chi connectivity index (χ3v) is 1.23. The van der Waals surface area contributed by atoms with Gasteiger partial charge in [0.2, 0.25) is 11.9 Å². The first-order chi connectivity index (χ1) is 5.60. The summed E-state index contributed by atoms with van der Waals surface area (Å²) in [6.45, 7) is 7.09. The molecule has 0 saturated heterocycles. The highest BCUT2D eigenvalue weighted by molar-refractivity contribution is 5.92. The molecule has 0 aliphatic carbocycles. The van der Waals surface area contributed by atoms with E-state index in [4.69, 9.17) is 0 Å². The molecule has 2 N–H and O–H groups in total. The lowest BCUT2D eigenvalue weighted by molar-refractivity contribution is -0.115. The molecule has 0 rings (SSSR count). The molecule has 0 unspecified atom stereocenters. The van der Waals surface area contributed by atoms with Gasteiger partial charge < -0.3 is 10.6 Å². The third kappa shape index (κ3) is 4.49. The van der Waals surface area contributed by atoms with Crippen LogP contribution < -0.4 is 10.6 Å². The van der Waals surface area contributed by atoms with Crippen LogP contribution in [0.4, 0.5) is 0 Å². The molecule has 4 nitrogen and oxygen atoms in total. The summed E-state index contributed by atoms with van der Waals surface area (Å²) in [7, 11) is 1.69. The Hall–Kier alpha value is -1.32. The third-order valence-electron chi connectivity index (χ3n) is 1.23. The van der Waals surface area contributed by atoms with Crippen LogP contribution in [0.15, 0.2) is 17.3 Å². The zero-order valence-corrected chi connectivity index (χ0v) is 7.77. The van der Waals surface area contributed by atoms with Crippen LogP contribution in [0.5, 0.6) is 0 Å². The molecule has 0 aliphatic rings. The minimum atomic E-state index is -0.240.